The molecule has 0 aromatic heterocycles. The Labute approximate surface area is 144 Å². The van der Waals surface area contributed by atoms with Gasteiger partial charge in [-0.3, -0.25) is 14.5 Å². The molecule has 1 saturated heterocycles. The van der Waals surface area contributed by atoms with E-state index in [1.165, 1.54) is 0 Å². The molecule has 132 valence electrons. The molecule has 0 radical (unpaired) electrons. The number of nitrogen functional groups attached to an aromatic ring is 1. The molecule has 1 aliphatic heterocycles. The Balaban J connectivity index is 1.98. The van der Waals surface area contributed by atoms with Crippen LogP contribution in [0.3, 0.4) is 0 Å². The minimum absolute atomic E-state index is 0.0768. The van der Waals surface area contributed by atoms with E-state index >= 15 is 0 Å². The zero-order valence-electron chi connectivity index (χ0n) is 15.2. The Kier molecular flexibility index (Phi) is 5.65. The molecule has 1 aliphatic rings. The Hall–Kier alpha value is -1.88. The van der Waals surface area contributed by atoms with E-state index in [0.717, 1.165) is 43.3 Å². The van der Waals surface area contributed by atoms with Crippen molar-refractivity contribution >= 4 is 17.9 Å². The number of aryl methyl sites for hydroxylation is 1. The van der Waals surface area contributed by atoms with Crippen molar-refractivity contribution in [1.82, 2.24) is 10.2 Å². The SMILES string of the molecule is Cc1ccc(N)c(C=O)c1CN1CCC(C(=O)NC(C)(C)C)CC1. The van der Waals surface area contributed by atoms with Crippen LogP contribution in [0.25, 0.3) is 0 Å². The highest BCUT2D eigenvalue weighted by atomic mass is 16.2. The third-order valence-corrected chi connectivity index (χ3v) is 4.58. The molecular formula is C19H29N3O2. The number of carbonyl (C=O) groups excluding carboxylic acids is 2. The molecule has 0 atom stereocenters. The molecule has 1 aromatic carbocycles. The number of anilines is 1. The number of hydrogen-bond acceptors (Lipinski definition) is 4. The number of carbonyl (C=O) groups is 2. The van der Waals surface area contributed by atoms with Crippen molar-refractivity contribution in [2.45, 2.75) is 52.6 Å². The number of hydrogen-bond donors (Lipinski definition) is 2. The maximum absolute atomic E-state index is 12.3. The summed E-state index contributed by atoms with van der Waals surface area (Å²) in [5.74, 6) is 0.226. The average Bonchev–Trinajstić information content (AvgIpc) is 2.50. The number of piperidine rings is 1. The maximum atomic E-state index is 12.3. The van der Waals surface area contributed by atoms with Crippen LogP contribution in [0.15, 0.2) is 12.1 Å². The molecule has 0 unspecified atom stereocenters. The molecule has 0 bridgehead atoms. The fraction of sp³-hybridized carbons (Fsp3) is 0.579. The van der Waals surface area contributed by atoms with Crippen molar-refractivity contribution in [3.8, 4) is 0 Å². The number of amides is 1. The largest absolute Gasteiger partial charge is 0.398 e. The highest BCUT2D eigenvalue weighted by Gasteiger charge is 2.27. The van der Waals surface area contributed by atoms with Crippen LogP contribution in [0.4, 0.5) is 5.69 Å². The van der Waals surface area contributed by atoms with Crippen molar-refractivity contribution < 1.29 is 9.59 Å². The Morgan fingerprint density at radius 1 is 1.33 bits per heavy atom. The smallest absolute Gasteiger partial charge is 0.223 e. The lowest BCUT2D eigenvalue weighted by Gasteiger charge is -2.33. The summed E-state index contributed by atoms with van der Waals surface area (Å²) < 4.78 is 0. The zero-order valence-corrected chi connectivity index (χ0v) is 15.2. The number of rotatable bonds is 4. The van der Waals surface area contributed by atoms with Gasteiger partial charge in [0, 0.05) is 29.3 Å². The molecule has 5 nitrogen and oxygen atoms in total. The lowest BCUT2D eigenvalue weighted by atomic mass is 9.93. The number of nitrogens with one attached hydrogen (secondary N) is 1. The first-order valence-corrected chi connectivity index (χ1v) is 8.59. The monoisotopic (exact) mass is 331 g/mol. The van der Waals surface area contributed by atoms with E-state index in [0.29, 0.717) is 17.8 Å². The summed E-state index contributed by atoms with van der Waals surface area (Å²) in [6.45, 7) is 10.4. The summed E-state index contributed by atoms with van der Waals surface area (Å²) in [4.78, 5) is 26.0. The lowest BCUT2D eigenvalue weighted by molar-refractivity contribution is -0.127. The number of benzene rings is 1. The minimum atomic E-state index is -0.189. The van der Waals surface area contributed by atoms with Crippen molar-refractivity contribution in [3.63, 3.8) is 0 Å². The first-order chi connectivity index (χ1) is 11.2. The summed E-state index contributed by atoms with van der Waals surface area (Å²) in [6.07, 6.45) is 2.54. The van der Waals surface area contributed by atoms with E-state index in [-0.39, 0.29) is 17.4 Å². The second-order valence-electron chi connectivity index (χ2n) is 7.77. The van der Waals surface area contributed by atoms with Gasteiger partial charge in [0.25, 0.3) is 0 Å². The molecule has 2 rings (SSSR count). The van der Waals surface area contributed by atoms with E-state index < -0.39 is 0 Å². The van der Waals surface area contributed by atoms with Gasteiger partial charge in [-0.1, -0.05) is 6.07 Å². The summed E-state index contributed by atoms with van der Waals surface area (Å²) in [5, 5.41) is 3.07. The number of nitrogens with two attached hydrogens (primary N) is 1. The molecule has 0 spiro atoms. The lowest BCUT2D eigenvalue weighted by Crippen LogP contribution is -2.46. The van der Waals surface area contributed by atoms with E-state index in [2.05, 4.69) is 10.2 Å². The highest BCUT2D eigenvalue weighted by molar-refractivity contribution is 5.86. The molecule has 1 aromatic rings. The predicted molar refractivity (Wildman–Crippen MR) is 96.9 cm³/mol. The normalized spacial score (nSPS) is 16.8. The van der Waals surface area contributed by atoms with Gasteiger partial charge in [0.15, 0.2) is 6.29 Å². The molecule has 5 heteroatoms. The summed E-state index contributed by atoms with van der Waals surface area (Å²) in [7, 11) is 0. The molecule has 3 N–H and O–H groups in total. The molecule has 0 aliphatic carbocycles. The summed E-state index contributed by atoms with van der Waals surface area (Å²) in [6, 6.07) is 3.74. The van der Waals surface area contributed by atoms with Gasteiger partial charge in [0.1, 0.15) is 0 Å². The predicted octanol–water partition coefficient (Wildman–Crippen LogP) is 2.52. The first kappa shape index (κ1) is 18.5. The van der Waals surface area contributed by atoms with Crippen molar-refractivity contribution in [3.05, 3.63) is 28.8 Å². The topological polar surface area (TPSA) is 75.4 Å². The first-order valence-electron chi connectivity index (χ1n) is 8.59. The van der Waals surface area contributed by atoms with Crippen LogP contribution in [-0.2, 0) is 11.3 Å². The van der Waals surface area contributed by atoms with E-state index in [9.17, 15) is 9.59 Å². The number of aldehydes is 1. The van der Waals surface area contributed by atoms with Gasteiger partial charge in [-0.25, -0.2) is 0 Å². The van der Waals surface area contributed by atoms with Gasteiger partial charge in [0.05, 0.1) is 0 Å². The standard InChI is InChI=1S/C19H29N3O2/c1-13-5-6-17(20)16(12-23)15(13)11-22-9-7-14(8-10-22)18(24)21-19(2,3)4/h5-6,12,14H,7-11,20H2,1-4H3,(H,21,24). The van der Waals surface area contributed by atoms with Crippen LogP contribution in [0.1, 0.15) is 55.1 Å². The van der Waals surface area contributed by atoms with Crippen molar-refractivity contribution in [1.29, 1.82) is 0 Å². The number of likely N-dealkylation sites (tertiary alicyclic amines) is 1. The zero-order chi connectivity index (χ0) is 17.9. The van der Waals surface area contributed by atoms with Crippen LogP contribution in [0.5, 0.6) is 0 Å². The quantitative estimate of drug-likeness (QED) is 0.657. The van der Waals surface area contributed by atoms with Gasteiger partial charge in [-0.2, -0.15) is 0 Å². The van der Waals surface area contributed by atoms with E-state index in [1.54, 1.807) is 6.07 Å². The summed E-state index contributed by atoms with van der Waals surface area (Å²) in [5.41, 5.74) is 8.95. The Morgan fingerprint density at radius 2 is 1.96 bits per heavy atom. The van der Waals surface area contributed by atoms with Crippen LogP contribution in [0.2, 0.25) is 0 Å². The molecule has 1 heterocycles. The number of nitrogens with zero attached hydrogens (tertiary/aromatic N) is 1. The van der Waals surface area contributed by atoms with Gasteiger partial charge >= 0.3 is 0 Å². The van der Waals surface area contributed by atoms with Crippen LogP contribution in [0, 0.1) is 12.8 Å². The molecule has 1 amide bonds. The van der Waals surface area contributed by atoms with Crippen LogP contribution >= 0.6 is 0 Å². The van der Waals surface area contributed by atoms with Gasteiger partial charge in [-0.05, 0) is 70.8 Å². The van der Waals surface area contributed by atoms with Crippen LogP contribution in [-0.4, -0.2) is 35.7 Å². The van der Waals surface area contributed by atoms with E-state index in [1.807, 2.05) is 33.8 Å². The second kappa shape index (κ2) is 7.34. The third kappa shape index (κ3) is 4.57. The van der Waals surface area contributed by atoms with Crippen molar-refractivity contribution in [2.24, 2.45) is 5.92 Å². The molecule has 1 fully saturated rings. The fourth-order valence-corrected chi connectivity index (χ4v) is 3.19. The average molecular weight is 331 g/mol. The van der Waals surface area contributed by atoms with Gasteiger partial charge in [0.2, 0.25) is 5.91 Å². The third-order valence-electron chi connectivity index (χ3n) is 4.58. The minimum Gasteiger partial charge on any atom is -0.398 e. The molecule has 24 heavy (non-hydrogen) atoms. The fourth-order valence-electron chi connectivity index (χ4n) is 3.19. The van der Waals surface area contributed by atoms with Crippen LogP contribution < -0.4 is 11.1 Å². The van der Waals surface area contributed by atoms with E-state index in [4.69, 9.17) is 5.73 Å². The Bertz CT molecular complexity index is 612. The Morgan fingerprint density at radius 3 is 2.50 bits per heavy atom. The van der Waals surface area contributed by atoms with Gasteiger partial charge in [-0.15, -0.1) is 0 Å². The van der Waals surface area contributed by atoms with Crippen molar-refractivity contribution in [2.75, 3.05) is 18.8 Å². The second-order valence-corrected chi connectivity index (χ2v) is 7.77. The highest BCUT2D eigenvalue weighted by Crippen LogP contribution is 2.24. The van der Waals surface area contributed by atoms with Gasteiger partial charge < -0.3 is 11.1 Å². The summed E-state index contributed by atoms with van der Waals surface area (Å²) >= 11 is 0. The molecule has 0 saturated carbocycles. The maximum Gasteiger partial charge on any atom is 0.223 e. The molecular weight excluding hydrogens is 302 g/mol.